The highest BCUT2D eigenvalue weighted by atomic mass is 16.2. The molecule has 0 bridgehead atoms. The number of anilines is 2. The van der Waals surface area contributed by atoms with Gasteiger partial charge in [-0.3, -0.25) is 14.4 Å². The van der Waals surface area contributed by atoms with Gasteiger partial charge in [-0.1, -0.05) is 43.0 Å². The number of fused-ring (bicyclic) bond motifs is 2. The number of hydrogen-bond acceptors (Lipinski definition) is 4. The Morgan fingerprint density at radius 1 is 0.976 bits per heavy atom. The molecule has 3 aromatic carbocycles. The largest absolute Gasteiger partial charge is 0.357 e. The average molecular weight is 559 g/mol. The molecule has 3 N–H and O–H groups in total. The maximum absolute atomic E-state index is 13.6. The van der Waals surface area contributed by atoms with Crippen molar-refractivity contribution in [3.63, 3.8) is 0 Å². The molecule has 5 aromatic rings. The van der Waals surface area contributed by atoms with Crippen LogP contribution in [0.5, 0.6) is 0 Å². The predicted molar refractivity (Wildman–Crippen MR) is 162 cm³/mol. The molecule has 0 unspecified atom stereocenters. The van der Waals surface area contributed by atoms with Crippen molar-refractivity contribution in [2.24, 2.45) is 0 Å². The monoisotopic (exact) mass is 558 g/mol. The maximum atomic E-state index is 13.6. The molecule has 210 valence electrons. The van der Waals surface area contributed by atoms with Gasteiger partial charge in [0.1, 0.15) is 11.5 Å². The summed E-state index contributed by atoms with van der Waals surface area (Å²) in [6.45, 7) is 6.76. The number of aryl methyl sites for hydroxylation is 1. The molecule has 42 heavy (non-hydrogen) atoms. The first-order valence-corrected chi connectivity index (χ1v) is 13.7. The molecule has 0 saturated carbocycles. The van der Waals surface area contributed by atoms with Crippen molar-refractivity contribution < 1.29 is 14.4 Å². The lowest BCUT2D eigenvalue weighted by Crippen LogP contribution is -2.39. The van der Waals surface area contributed by atoms with Gasteiger partial charge in [0.05, 0.1) is 12.2 Å². The van der Waals surface area contributed by atoms with E-state index in [0.29, 0.717) is 48.0 Å². The van der Waals surface area contributed by atoms with E-state index in [1.165, 1.54) is 6.08 Å². The van der Waals surface area contributed by atoms with Gasteiger partial charge < -0.3 is 25.1 Å². The molecule has 1 aliphatic rings. The third kappa shape index (κ3) is 5.32. The van der Waals surface area contributed by atoms with Gasteiger partial charge in [-0.05, 0) is 71.3 Å². The number of hydrogen-bond donors (Lipinski definition) is 3. The SMILES string of the molecule is C=CC(=O)Nc1ccc2c(Cc3nc(C(=O)Nc4cccc(C)c4)c4n3CCN(C(=O)c3ccc[nH]3)C4)cccc2c1. The van der Waals surface area contributed by atoms with E-state index in [0.717, 1.165) is 27.7 Å². The van der Waals surface area contributed by atoms with Crippen molar-refractivity contribution in [1.29, 1.82) is 0 Å². The van der Waals surface area contributed by atoms with Gasteiger partial charge in [0.25, 0.3) is 11.8 Å². The first kappa shape index (κ1) is 26.8. The van der Waals surface area contributed by atoms with Crippen LogP contribution in [0, 0.1) is 6.92 Å². The second-order valence-electron chi connectivity index (χ2n) is 10.3. The second-order valence-corrected chi connectivity index (χ2v) is 10.3. The second kappa shape index (κ2) is 11.2. The molecule has 0 radical (unpaired) electrons. The third-order valence-electron chi connectivity index (χ3n) is 7.46. The summed E-state index contributed by atoms with van der Waals surface area (Å²) in [4.78, 5) is 48.2. The molecule has 3 amide bonds. The fraction of sp³-hybridized carbons (Fsp3) is 0.152. The molecule has 0 saturated heterocycles. The van der Waals surface area contributed by atoms with Gasteiger partial charge in [-0.2, -0.15) is 0 Å². The highest BCUT2D eigenvalue weighted by Gasteiger charge is 2.30. The van der Waals surface area contributed by atoms with E-state index in [2.05, 4.69) is 26.8 Å². The lowest BCUT2D eigenvalue weighted by Gasteiger charge is -2.29. The maximum Gasteiger partial charge on any atom is 0.276 e. The predicted octanol–water partition coefficient (Wildman–Crippen LogP) is 5.30. The van der Waals surface area contributed by atoms with Gasteiger partial charge in [0, 0.05) is 37.1 Å². The zero-order valence-corrected chi connectivity index (χ0v) is 23.2. The molecule has 9 heteroatoms. The first-order valence-electron chi connectivity index (χ1n) is 13.7. The number of amides is 3. The molecule has 2 aromatic heterocycles. The van der Waals surface area contributed by atoms with Crippen LogP contribution < -0.4 is 10.6 Å². The van der Waals surface area contributed by atoms with E-state index >= 15 is 0 Å². The molecule has 0 atom stereocenters. The number of imidazole rings is 1. The Bertz CT molecular complexity index is 1840. The summed E-state index contributed by atoms with van der Waals surface area (Å²) >= 11 is 0. The summed E-state index contributed by atoms with van der Waals surface area (Å²) in [5.74, 6) is 0.0513. The average Bonchev–Trinajstić information content (AvgIpc) is 3.65. The van der Waals surface area contributed by atoms with Crippen LogP contribution in [-0.4, -0.2) is 43.7 Å². The minimum Gasteiger partial charge on any atom is -0.357 e. The highest BCUT2D eigenvalue weighted by Crippen LogP contribution is 2.28. The van der Waals surface area contributed by atoms with Crippen LogP contribution >= 0.6 is 0 Å². The smallest absolute Gasteiger partial charge is 0.276 e. The van der Waals surface area contributed by atoms with Crippen LogP contribution in [-0.2, 0) is 24.3 Å². The molecule has 3 heterocycles. The molecule has 0 spiro atoms. The first-order chi connectivity index (χ1) is 20.4. The summed E-state index contributed by atoms with van der Waals surface area (Å²) in [6, 6.07) is 22.9. The van der Waals surface area contributed by atoms with Crippen molar-refractivity contribution in [3.05, 3.63) is 126 Å². The number of H-pyrrole nitrogens is 1. The van der Waals surface area contributed by atoms with E-state index in [-0.39, 0.29) is 24.3 Å². The van der Waals surface area contributed by atoms with Crippen LogP contribution in [0.25, 0.3) is 10.8 Å². The molecule has 0 fully saturated rings. The Morgan fingerprint density at radius 3 is 2.60 bits per heavy atom. The molecular formula is C33H30N6O3. The summed E-state index contributed by atoms with van der Waals surface area (Å²) < 4.78 is 2.07. The standard InChI is InChI=1S/C33H30N6O3/c1-3-30(40)35-25-12-13-26-22(18-25)8-5-9-23(26)19-29-37-31(32(41)36-24-10-4-7-21(2)17-24)28-20-38(15-16-39(28)29)33(42)27-11-6-14-34-27/h3-14,17-18,34H,1,15-16,19-20H2,2H3,(H,35,40)(H,36,41). The Labute approximate surface area is 242 Å². The summed E-state index contributed by atoms with van der Waals surface area (Å²) in [5, 5.41) is 7.79. The van der Waals surface area contributed by atoms with Crippen LogP contribution in [0.1, 0.15) is 43.6 Å². The zero-order chi connectivity index (χ0) is 29.2. The Morgan fingerprint density at radius 2 is 1.81 bits per heavy atom. The molecule has 6 rings (SSSR count). The van der Waals surface area contributed by atoms with Gasteiger partial charge >= 0.3 is 0 Å². The summed E-state index contributed by atoms with van der Waals surface area (Å²) in [7, 11) is 0. The van der Waals surface area contributed by atoms with Crippen molar-refractivity contribution in [2.75, 3.05) is 17.2 Å². The number of carbonyl (C=O) groups is 3. The van der Waals surface area contributed by atoms with Crippen LogP contribution in [0.3, 0.4) is 0 Å². The van der Waals surface area contributed by atoms with E-state index < -0.39 is 0 Å². The summed E-state index contributed by atoms with van der Waals surface area (Å²) in [6.07, 6.45) is 3.45. The van der Waals surface area contributed by atoms with Crippen LogP contribution in [0.15, 0.2) is 91.6 Å². The number of nitrogens with one attached hydrogen (secondary N) is 3. The number of nitrogens with zero attached hydrogens (tertiary/aromatic N) is 3. The van der Waals surface area contributed by atoms with E-state index in [1.807, 2.05) is 67.6 Å². The molecule has 9 nitrogen and oxygen atoms in total. The molecule has 1 aliphatic heterocycles. The number of rotatable bonds is 7. The van der Waals surface area contributed by atoms with Crippen molar-refractivity contribution >= 4 is 39.9 Å². The van der Waals surface area contributed by atoms with Crippen LogP contribution in [0.4, 0.5) is 11.4 Å². The number of carbonyl (C=O) groups excluding carboxylic acids is 3. The minimum absolute atomic E-state index is 0.118. The van der Waals surface area contributed by atoms with Crippen molar-refractivity contribution in [2.45, 2.75) is 26.4 Å². The van der Waals surface area contributed by atoms with Crippen LogP contribution in [0.2, 0.25) is 0 Å². The van der Waals surface area contributed by atoms with E-state index in [4.69, 9.17) is 4.98 Å². The van der Waals surface area contributed by atoms with Gasteiger partial charge in [-0.15, -0.1) is 0 Å². The minimum atomic E-state index is -0.315. The number of aromatic nitrogens is 3. The fourth-order valence-electron chi connectivity index (χ4n) is 5.43. The normalized spacial score (nSPS) is 12.5. The lowest BCUT2D eigenvalue weighted by atomic mass is 10.0. The van der Waals surface area contributed by atoms with E-state index in [9.17, 15) is 14.4 Å². The van der Waals surface area contributed by atoms with Crippen molar-refractivity contribution in [1.82, 2.24) is 19.4 Å². The lowest BCUT2D eigenvalue weighted by molar-refractivity contribution is -0.111. The van der Waals surface area contributed by atoms with E-state index in [1.54, 1.807) is 23.2 Å². The topological polar surface area (TPSA) is 112 Å². The highest BCUT2D eigenvalue weighted by molar-refractivity contribution is 6.04. The Balaban J connectivity index is 1.35. The molecule has 0 aliphatic carbocycles. The Kier molecular flexibility index (Phi) is 7.14. The van der Waals surface area contributed by atoms with Gasteiger partial charge in [0.2, 0.25) is 5.91 Å². The Hall–Kier alpha value is -5.44. The molecular weight excluding hydrogens is 528 g/mol. The van der Waals surface area contributed by atoms with Crippen molar-refractivity contribution in [3.8, 4) is 0 Å². The zero-order valence-electron chi connectivity index (χ0n) is 23.2. The fourth-order valence-corrected chi connectivity index (χ4v) is 5.43. The number of benzene rings is 3. The summed E-state index contributed by atoms with van der Waals surface area (Å²) in [5.41, 5.74) is 4.97. The third-order valence-corrected chi connectivity index (χ3v) is 7.46. The van der Waals surface area contributed by atoms with Gasteiger partial charge in [-0.25, -0.2) is 4.98 Å². The number of aromatic amines is 1. The van der Waals surface area contributed by atoms with Gasteiger partial charge in [0.15, 0.2) is 5.69 Å². The quantitative estimate of drug-likeness (QED) is 0.236.